The van der Waals surface area contributed by atoms with Gasteiger partial charge in [-0.25, -0.2) is 0 Å². The summed E-state index contributed by atoms with van der Waals surface area (Å²) in [6, 6.07) is 1.87. The minimum Gasteiger partial charge on any atom is -0.381 e. The first-order valence-corrected chi connectivity index (χ1v) is 4.68. The highest BCUT2D eigenvalue weighted by atomic mass is 16.5. The van der Waals surface area contributed by atoms with E-state index in [1.54, 1.807) is 0 Å². The fraction of sp³-hybridized carbons (Fsp3) is 0.778. The van der Waals surface area contributed by atoms with E-state index in [2.05, 4.69) is 5.32 Å². The van der Waals surface area contributed by atoms with Crippen LogP contribution in [-0.4, -0.2) is 32.2 Å². The Morgan fingerprint density at radius 2 is 2.21 bits per heavy atom. The predicted molar refractivity (Wildman–Crippen MR) is 50.2 cm³/mol. The summed E-state index contributed by atoms with van der Waals surface area (Å²) in [5.74, 6) is -0.121. The number of nitriles is 1. The molecule has 5 heteroatoms. The van der Waals surface area contributed by atoms with Gasteiger partial charge in [0.15, 0.2) is 0 Å². The topological polar surface area (TPSA) is 88.1 Å². The second-order valence-corrected chi connectivity index (χ2v) is 3.44. The summed E-state index contributed by atoms with van der Waals surface area (Å²) in [7, 11) is 0. The normalized spacial score (nSPS) is 19.7. The maximum absolute atomic E-state index is 11.7. The van der Waals surface area contributed by atoms with Crippen molar-refractivity contribution in [2.45, 2.75) is 12.8 Å². The number of nitrogens with one attached hydrogen (secondary N) is 1. The average molecular weight is 197 g/mol. The van der Waals surface area contributed by atoms with Crippen LogP contribution in [0.4, 0.5) is 0 Å². The molecular formula is C9H15N3O2. The Morgan fingerprint density at radius 1 is 1.57 bits per heavy atom. The molecule has 0 aromatic rings. The standard InChI is InChI=1S/C9H15N3O2/c10-3-4-12-8(13)9(7-11)1-5-14-6-2-9/h1-2,4-7,11H2,(H,12,13). The van der Waals surface area contributed by atoms with Gasteiger partial charge in [-0.3, -0.25) is 4.79 Å². The van der Waals surface area contributed by atoms with Crippen molar-refractivity contribution in [1.29, 1.82) is 5.26 Å². The molecule has 0 aromatic heterocycles. The van der Waals surface area contributed by atoms with Crippen molar-refractivity contribution < 1.29 is 9.53 Å². The molecule has 1 saturated heterocycles. The van der Waals surface area contributed by atoms with Gasteiger partial charge in [-0.2, -0.15) is 5.26 Å². The molecule has 1 fully saturated rings. The molecule has 0 bridgehead atoms. The van der Waals surface area contributed by atoms with Crippen LogP contribution in [0.5, 0.6) is 0 Å². The van der Waals surface area contributed by atoms with E-state index in [-0.39, 0.29) is 12.5 Å². The Morgan fingerprint density at radius 3 is 2.71 bits per heavy atom. The quantitative estimate of drug-likeness (QED) is 0.590. The molecule has 1 aliphatic heterocycles. The Balaban J connectivity index is 2.58. The molecule has 1 rings (SSSR count). The van der Waals surface area contributed by atoms with Gasteiger partial charge in [-0.05, 0) is 12.8 Å². The van der Waals surface area contributed by atoms with E-state index in [9.17, 15) is 4.79 Å². The molecule has 1 aliphatic rings. The van der Waals surface area contributed by atoms with Crippen LogP contribution in [0.25, 0.3) is 0 Å². The lowest BCUT2D eigenvalue weighted by atomic mass is 9.79. The van der Waals surface area contributed by atoms with E-state index < -0.39 is 5.41 Å². The van der Waals surface area contributed by atoms with E-state index in [0.29, 0.717) is 32.6 Å². The SMILES string of the molecule is N#CCNC(=O)C1(CN)CCOCC1. The van der Waals surface area contributed by atoms with Crippen LogP contribution in [-0.2, 0) is 9.53 Å². The van der Waals surface area contributed by atoms with Gasteiger partial charge in [0.1, 0.15) is 6.54 Å². The third-order valence-corrected chi connectivity index (χ3v) is 2.65. The number of amides is 1. The number of nitrogens with two attached hydrogens (primary N) is 1. The smallest absolute Gasteiger partial charge is 0.228 e. The van der Waals surface area contributed by atoms with Crippen LogP contribution in [0.2, 0.25) is 0 Å². The van der Waals surface area contributed by atoms with Gasteiger partial charge >= 0.3 is 0 Å². The first-order valence-electron chi connectivity index (χ1n) is 4.68. The summed E-state index contributed by atoms with van der Waals surface area (Å²) in [4.78, 5) is 11.7. The molecule has 1 amide bonds. The van der Waals surface area contributed by atoms with Crippen molar-refractivity contribution in [2.75, 3.05) is 26.3 Å². The highest BCUT2D eigenvalue weighted by Crippen LogP contribution is 2.29. The van der Waals surface area contributed by atoms with Crippen molar-refractivity contribution in [3.05, 3.63) is 0 Å². The fourth-order valence-corrected chi connectivity index (χ4v) is 1.59. The zero-order valence-electron chi connectivity index (χ0n) is 8.08. The molecule has 0 aromatic carbocycles. The van der Waals surface area contributed by atoms with Crippen LogP contribution in [0, 0.1) is 16.7 Å². The summed E-state index contributed by atoms with van der Waals surface area (Å²) >= 11 is 0. The highest BCUT2D eigenvalue weighted by Gasteiger charge is 2.38. The first kappa shape index (κ1) is 11.0. The van der Waals surface area contributed by atoms with Crippen molar-refractivity contribution in [1.82, 2.24) is 5.32 Å². The van der Waals surface area contributed by atoms with Crippen LogP contribution >= 0.6 is 0 Å². The molecule has 0 saturated carbocycles. The molecule has 3 N–H and O–H groups in total. The lowest BCUT2D eigenvalue weighted by molar-refractivity contribution is -0.135. The molecule has 0 unspecified atom stereocenters. The van der Waals surface area contributed by atoms with Gasteiger partial charge in [0.2, 0.25) is 5.91 Å². The summed E-state index contributed by atoms with van der Waals surface area (Å²) in [5, 5.41) is 10.9. The van der Waals surface area contributed by atoms with E-state index in [4.69, 9.17) is 15.7 Å². The van der Waals surface area contributed by atoms with Gasteiger partial charge in [-0.1, -0.05) is 0 Å². The van der Waals surface area contributed by atoms with Gasteiger partial charge < -0.3 is 15.8 Å². The third-order valence-electron chi connectivity index (χ3n) is 2.65. The van der Waals surface area contributed by atoms with Crippen LogP contribution < -0.4 is 11.1 Å². The number of hydrogen-bond donors (Lipinski definition) is 2. The van der Waals surface area contributed by atoms with Gasteiger partial charge in [0.05, 0.1) is 11.5 Å². The molecule has 14 heavy (non-hydrogen) atoms. The van der Waals surface area contributed by atoms with Crippen molar-refractivity contribution >= 4 is 5.91 Å². The van der Waals surface area contributed by atoms with Crippen molar-refractivity contribution in [2.24, 2.45) is 11.1 Å². The lowest BCUT2D eigenvalue weighted by Gasteiger charge is -2.34. The maximum atomic E-state index is 11.7. The summed E-state index contributed by atoms with van der Waals surface area (Å²) < 4.78 is 5.18. The van der Waals surface area contributed by atoms with Crippen molar-refractivity contribution in [3.63, 3.8) is 0 Å². The molecular weight excluding hydrogens is 182 g/mol. The zero-order valence-corrected chi connectivity index (χ0v) is 8.08. The number of rotatable bonds is 3. The van der Waals surface area contributed by atoms with Gasteiger partial charge in [-0.15, -0.1) is 0 Å². The van der Waals surface area contributed by atoms with E-state index in [0.717, 1.165) is 0 Å². The fourth-order valence-electron chi connectivity index (χ4n) is 1.59. The van der Waals surface area contributed by atoms with Crippen LogP contribution in [0.15, 0.2) is 0 Å². The number of hydrogen-bond acceptors (Lipinski definition) is 4. The molecule has 78 valence electrons. The monoisotopic (exact) mass is 197 g/mol. The summed E-state index contributed by atoms with van der Waals surface area (Å²) in [5.41, 5.74) is 5.09. The lowest BCUT2D eigenvalue weighted by Crippen LogP contribution is -2.49. The van der Waals surface area contributed by atoms with Gasteiger partial charge in [0, 0.05) is 19.8 Å². The number of ether oxygens (including phenoxy) is 1. The number of nitrogens with zero attached hydrogens (tertiary/aromatic N) is 1. The maximum Gasteiger partial charge on any atom is 0.228 e. The van der Waals surface area contributed by atoms with E-state index in [1.165, 1.54) is 0 Å². The van der Waals surface area contributed by atoms with Crippen molar-refractivity contribution in [3.8, 4) is 6.07 Å². The van der Waals surface area contributed by atoms with Crippen LogP contribution in [0.3, 0.4) is 0 Å². The highest BCUT2D eigenvalue weighted by molar-refractivity contribution is 5.83. The second-order valence-electron chi connectivity index (χ2n) is 3.44. The molecule has 0 radical (unpaired) electrons. The second kappa shape index (κ2) is 4.94. The van der Waals surface area contributed by atoms with Gasteiger partial charge in [0.25, 0.3) is 0 Å². The van der Waals surface area contributed by atoms with Crippen LogP contribution in [0.1, 0.15) is 12.8 Å². The molecule has 5 nitrogen and oxygen atoms in total. The van der Waals surface area contributed by atoms with E-state index in [1.807, 2.05) is 6.07 Å². The predicted octanol–water partition coefficient (Wildman–Crippen LogP) is -0.618. The Bertz CT molecular complexity index is 241. The first-order chi connectivity index (χ1) is 6.75. The average Bonchev–Trinajstić information content (AvgIpc) is 2.26. The number of carbonyl (C=O) groups is 1. The molecule has 0 aliphatic carbocycles. The minimum absolute atomic E-state index is 0.0431. The van der Waals surface area contributed by atoms with E-state index >= 15 is 0 Å². The summed E-state index contributed by atoms with van der Waals surface area (Å²) in [6.45, 7) is 1.49. The summed E-state index contributed by atoms with van der Waals surface area (Å²) in [6.07, 6.45) is 1.28. The minimum atomic E-state index is -0.519. The Hall–Kier alpha value is -1.12. The molecule has 0 atom stereocenters. The largest absolute Gasteiger partial charge is 0.381 e. The number of carbonyl (C=O) groups excluding carboxylic acids is 1. The Kier molecular flexibility index (Phi) is 3.86. The zero-order chi connectivity index (χ0) is 10.4. The molecule has 0 spiro atoms. The molecule has 1 heterocycles. The third kappa shape index (κ3) is 2.22. The Labute approximate surface area is 83.2 Å².